The van der Waals surface area contributed by atoms with E-state index in [-0.39, 0.29) is 0 Å². The summed E-state index contributed by atoms with van der Waals surface area (Å²) in [6.45, 7) is 2.91. The monoisotopic (exact) mass is 268 g/mol. The second-order valence-electron chi connectivity index (χ2n) is 4.61. The molecule has 0 N–H and O–H groups in total. The maximum absolute atomic E-state index is 5.73. The van der Waals surface area contributed by atoms with Gasteiger partial charge in [0.05, 0.1) is 6.61 Å². The van der Waals surface area contributed by atoms with Crippen molar-refractivity contribution in [1.29, 1.82) is 0 Å². The minimum absolute atomic E-state index is 0.601. The van der Waals surface area contributed by atoms with E-state index in [0.717, 1.165) is 36.3 Å². The first-order chi connectivity index (χ1) is 9.86. The summed E-state index contributed by atoms with van der Waals surface area (Å²) in [4.78, 5) is 4.27. The molecule has 2 aromatic heterocycles. The summed E-state index contributed by atoms with van der Waals surface area (Å²) in [7, 11) is 0. The molecule has 102 valence electrons. The molecule has 0 fully saturated rings. The van der Waals surface area contributed by atoms with Crippen LogP contribution in [-0.2, 0) is 0 Å². The number of ether oxygens (including phenoxy) is 1. The fourth-order valence-corrected chi connectivity index (χ4v) is 1.98. The van der Waals surface area contributed by atoms with Gasteiger partial charge in [-0.05, 0) is 24.1 Å². The van der Waals surface area contributed by atoms with Crippen LogP contribution >= 0.6 is 0 Å². The third kappa shape index (κ3) is 2.61. The molecule has 0 atom stereocenters. The standard InChI is InChI=1S/C15H16N4O/c1-2-3-7-20-14-6-4-5-12(8-14)13-9-16-15-18-17-11-19(15)10-13/h4-6,8-11H,2-3,7H2,1H3. The molecule has 0 aliphatic heterocycles. The quantitative estimate of drug-likeness (QED) is 0.667. The summed E-state index contributed by atoms with van der Waals surface area (Å²) < 4.78 is 7.53. The van der Waals surface area contributed by atoms with Gasteiger partial charge in [0.25, 0.3) is 5.78 Å². The molecule has 1 aromatic carbocycles. The topological polar surface area (TPSA) is 52.3 Å². The van der Waals surface area contributed by atoms with Crippen LogP contribution in [0.2, 0.25) is 0 Å². The van der Waals surface area contributed by atoms with E-state index in [1.807, 2.05) is 30.5 Å². The van der Waals surface area contributed by atoms with Crippen molar-refractivity contribution in [1.82, 2.24) is 19.6 Å². The summed E-state index contributed by atoms with van der Waals surface area (Å²) in [5.41, 5.74) is 2.08. The molecule has 3 rings (SSSR count). The van der Waals surface area contributed by atoms with Crippen LogP contribution in [0.4, 0.5) is 0 Å². The van der Waals surface area contributed by atoms with Gasteiger partial charge in [-0.25, -0.2) is 4.98 Å². The number of hydrogen-bond donors (Lipinski definition) is 0. The Hall–Kier alpha value is -2.43. The highest BCUT2D eigenvalue weighted by Gasteiger charge is 2.03. The molecule has 0 saturated carbocycles. The van der Waals surface area contributed by atoms with E-state index in [9.17, 15) is 0 Å². The number of fused-ring (bicyclic) bond motifs is 1. The first-order valence-corrected chi connectivity index (χ1v) is 6.75. The second kappa shape index (κ2) is 5.69. The molecule has 0 bridgehead atoms. The van der Waals surface area contributed by atoms with Gasteiger partial charge in [-0.3, -0.25) is 4.40 Å². The van der Waals surface area contributed by atoms with Crippen LogP contribution < -0.4 is 4.74 Å². The van der Waals surface area contributed by atoms with Crippen molar-refractivity contribution in [3.63, 3.8) is 0 Å². The van der Waals surface area contributed by atoms with Gasteiger partial charge in [0.1, 0.15) is 12.1 Å². The van der Waals surface area contributed by atoms with Crippen LogP contribution in [-0.4, -0.2) is 26.2 Å². The normalized spacial score (nSPS) is 10.8. The largest absolute Gasteiger partial charge is 0.494 e. The van der Waals surface area contributed by atoms with Gasteiger partial charge in [0.15, 0.2) is 0 Å². The van der Waals surface area contributed by atoms with Gasteiger partial charge >= 0.3 is 0 Å². The molecule has 0 aliphatic carbocycles. The average Bonchev–Trinajstić information content (AvgIpc) is 2.95. The van der Waals surface area contributed by atoms with E-state index in [4.69, 9.17) is 4.74 Å². The molecule has 5 heteroatoms. The number of nitrogens with zero attached hydrogens (tertiary/aromatic N) is 4. The van der Waals surface area contributed by atoms with Gasteiger partial charge in [-0.15, -0.1) is 10.2 Å². The van der Waals surface area contributed by atoms with Crippen LogP contribution in [0, 0.1) is 0 Å². The molecule has 0 aliphatic rings. The Labute approximate surface area is 117 Å². The summed E-state index contributed by atoms with van der Waals surface area (Å²) >= 11 is 0. The van der Waals surface area contributed by atoms with Crippen LogP contribution in [0.3, 0.4) is 0 Å². The van der Waals surface area contributed by atoms with E-state index in [2.05, 4.69) is 22.1 Å². The summed E-state index contributed by atoms with van der Waals surface area (Å²) in [5, 5.41) is 7.73. The molecule has 0 radical (unpaired) electrons. The van der Waals surface area contributed by atoms with E-state index < -0.39 is 0 Å². The third-order valence-electron chi connectivity index (χ3n) is 3.09. The van der Waals surface area contributed by atoms with Gasteiger partial charge in [0.2, 0.25) is 0 Å². The lowest BCUT2D eigenvalue weighted by Gasteiger charge is -2.07. The average molecular weight is 268 g/mol. The molecule has 0 spiro atoms. The van der Waals surface area contributed by atoms with Crippen LogP contribution in [0.5, 0.6) is 5.75 Å². The Bertz CT molecular complexity index is 708. The SMILES string of the molecule is CCCCOc1cccc(-c2cnc3nncn3c2)c1. The number of rotatable bonds is 5. The molecule has 2 heterocycles. The smallest absolute Gasteiger partial charge is 0.254 e. The zero-order valence-corrected chi connectivity index (χ0v) is 11.4. The highest BCUT2D eigenvalue weighted by atomic mass is 16.5. The van der Waals surface area contributed by atoms with Crippen molar-refractivity contribution in [2.24, 2.45) is 0 Å². The lowest BCUT2D eigenvalue weighted by molar-refractivity contribution is 0.309. The second-order valence-corrected chi connectivity index (χ2v) is 4.61. The van der Waals surface area contributed by atoms with Crippen LogP contribution in [0.25, 0.3) is 16.9 Å². The molecule has 3 aromatic rings. The minimum Gasteiger partial charge on any atom is -0.494 e. The summed E-state index contributed by atoms with van der Waals surface area (Å²) in [6, 6.07) is 8.04. The lowest BCUT2D eigenvalue weighted by atomic mass is 10.1. The summed E-state index contributed by atoms with van der Waals surface area (Å²) in [6.07, 6.45) is 7.61. The van der Waals surface area contributed by atoms with Crippen molar-refractivity contribution in [3.05, 3.63) is 43.0 Å². The summed E-state index contributed by atoms with van der Waals surface area (Å²) in [5.74, 6) is 1.49. The predicted octanol–water partition coefficient (Wildman–Crippen LogP) is 2.97. The van der Waals surface area contributed by atoms with E-state index >= 15 is 0 Å². The Kier molecular flexibility index (Phi) is 3.58. The van der Waals surface area contributed by atoms with Crippen LogP contribution in [0.1, 0.15) is 19.8 Å². The van der Waals surface area contributed by atoms with E-state index in [1.165, 1.54) is 0 Å². The van der Waals surface area contributed by atoms with Crippen LogP contribution in [0.15, 0.2) is 43.0 Å². The lowest BCUT2D eigenvalue weighted by Crippen LogP contribution is -1.96. The fraction of sp³-hybridized carbons (Fsp3) is 0.267. The zero-order valence-electron chi connectivity index (χ0n) is 11.4. The number of aromatic nitrogens is 4. The Balaban J connectivity index is 1.86. The molecule has 0 unspecified atom stereocenters. The maximum atomic E-state index is 5.73. The molecule has 5 nitrogen and oxygen atoms in total. The Morgan fingerprint density at radius 1 is 1.25 bits per heavy atom. The van der Waals surface area contributed by atoms with Crippen molar-refractivity contribution in [3.8, 4) is 16.9 Å². The molecular formula is C15H16N4O. The first kappa shape index (κ1) is 12.6. The van der Waals surface area contributed by atoms with E-state index in [0.29, 0.717) is 5.78 Å². The number of benzene rings is 1. The van der Waals surface area contributed by atoms with Gasteiger partial charge in [-0.2, -0.15) is 0 Å². The van der Waals surface area contributed by atoms with Crippen molar-refractivity contribution in [2.45, 2.75) is 19.8 Å². The molecule has 0 saturated heterocycles. The van der Waals surface area contributed by atoms with Gasteiger partial charge in [-0.1, -0.05) is 25.5 Å². The van der Waals surface area contributed by atoms with E-state index in [1.54, 1.807) is 16.9 Å². The van der Waals surface area contributed by atoms with Gasteiger partial charge in [0, 0.05) is 18.0 Å². The Morgan fingerprint density at radius 2 is 2.20 bits per heavy atom. The molecular weight excluding hydrogens is 252 g/mol. The fourth-order valence-electron chi connectivity index (χ4n) is 1.98. The van der Waals surface area contributed by atoms with Crippen molar-refractivity contribution >= 4 is 5.78 Å². The third-order valence-corrected chi connectivity index (χ3v) is 3.09. The van der Waals surface area contributed by atoms with Gasteiger partial charge < -0.3 is 4.74 Å². The highest BCUT2D eigenvalue weighted by Crippen LogP contribution is 2.23. The maximum Gasteiger partial charge on any atom is 0.254 e. The molecule has 20 heavy (non-hydrogen) atoms. The predicted molar refractivity (Wildman–Crippen MR) is 76.6 cm³/mol. The zero-order chi connectivity index (χ0) is 13.8. The minimum atomic E-state index is 0.601. The van der Waals surface area contributed by atoms with Crippen molar-refractivity contribution in [2.75, 3.05) is 6.61 Å². The number of unbranched alkanes of at least 4 members (excludes halogenated alkanes) is 1. The molecule has 0 amide bonds. The number of hydrogen-bond acceptors (Lipinski definition) is 4. The Morgan fingerprint density at radius 3 is 3.10 bits per heavy atom. The first-order valence-electron chi connectivity index (χ1n) is 6.75. The van der Waals surface area contributed by atoms with Crippen molar-refractivity contribution < 1.29 is 4.74 Å². The highest BCUT2D eigenvalue weighted by molar-refractivity contribution is 5.64.